The molecule has 1 aromatic heterocycles. The highest BCUT2D eigenvalue weighted by molar-refractivity contribution is 5.68. The SMILES string of the molecule is CC(NCC1CCCCN1C(=O)OC(C)(C)C)c1cnccn1. The van der Waals surface area contributed by atoms with Crippen LogP contribution in [0.1, 0.15) is 58.7 Å². The Morgan fingerprint density at radius 3 is 2.87 bits per heavy atom. The Hall–Kier alpha value is -1.69. The Morgan fingerprint density at radius 1 is 1.43 bits per heavy atom. The number of carbonyl (C=O) groups is 1. The fraction of sp³-hybridized carbons (Fsp3) is 0.706. The van der Waals surface area contributed by atoms with Crippen molar-refractivity contribution >= 4 is 6.09 Å². The molecule has 2 atom stereocenters. The number of ether oxygens (including phenoxy) is 1. The predicted molar refractivity (Wildman–Crippen MR) is 89.0 cm³/mol. The van der Waals surface area contributed by atoms with Gasteiger partial charge in [0.05, 0.1) is 5.69 Å². The van der Waals surface area contributed by atoms with Crippen LogP contribution in [0.15, 0.2) is 18.6 Å². The fourth-order valence-electron chi connectivity index (χ4n) is 2.73. The van der Waals surface area contributed by atoms with E-state index in [-0.39, 0.29) is 18.2 Å². The second kappa shape index (κ2) is 7.73. The average molecular weight is 320 g/mol. The zero-order chi connectivity index (χ0) is 16.9. The van der Waals surface area contributed by atoms with E-state index in [0.29, 0.717) is 0 Å². The van der Waals surface area contributed by atoms with Crippen LogP contribution in [0.2, 0.25) is 0 Å². The topological polar surface area (TPSA) is 67.4 Å². The molecule has 0 bridgehead atoms. The molecule has 0 saturated carbocycles. The maximum Gasteiger partial charge on any atom is 0.410 e. The van der Waals surface area contributed by atoms with Gasteiger partial charge in [-0.05, 0) is 47.0 Å². The lowest BCUT2D eigenvalue weighted by Gasteiger charge is -2.37. The van der Waals surface area contributed by atoms with Crippen LogP contribution < -0.4 is 5.32 Å². The second-order valence-corrected chi connectivity index (χ2v) is 7.08. The Morgan fingerprint density at radius 2 is 2.22 bits per heavy atom. The van der Waals surface area contributed by atoms with Crippen molar-refractivity contribution in [3.8, 4) is 0 Å². The first kappa shape index (κ1) is 17.7. The van der Waals surface area contributed by atoms with Crippen LogP contribution >= 0.6 is 0 Å². The van der Waals surface area contributed by atoms with Crippen molar-refractivity contribution < 1.29 is 9.53 Å². The van der Waals surface area contributed by atoms with E-state index in [1.165, 1.54) is 0 Å². The van der Waals surface area contributed by atoms with Gasteiger partial charge in [-0.25, -0.2) is 4.79 Å². The first-order chi connectivity index (χ1) is 10.9. The van der Waals surface area contributed by atoms with Gasteiger partial charge in [-0.1, -0.05) is 0 Å². The zero-order valence-electron chi connectivity index (χ0n) is 14.6. The summed E-state index contributed by atoms with van der Waals surface area (Å²) in [5.41, 5.74) is 0.450. The zero-order valence-corrected chi connectivity index (χ0v) is 14.6. The van der Waals surface area contributed by atoms with Crippen molar-refractivity contribution in [3.63, 3.8) is 0 Å². The van der Waals surface area contributed by atoms with Gasteiger partial charge in [0.15, 0.2) is 0 Å². The molecule has 2 unspecified atom stereocenters. The summed E-state index contributed by atoms with van der Waals surface area (Å²) in [5.74, 6) is 0. The molecule has 1 aliphatic rings. The van der Waals surface area contributed by atoms with Gasteiger partial charge in [0, 0.05) is 43.8 Å². The molecule has 0 spiro atoms. The highest BCUT2D eigenvalue weighted by Crippen LogP contribution is 2.20. The predicted octanol–water partition coefficient (Wildman–Crippen LogP) is 2.92. The van der Waals surface area contributed by atoms with Crippen LogP contribution in [0.5, 0.6) is 0 Å². The monoisotopic (exact) mass is 320 g/mol. The van der Waals surface area contributed by atoms with E-state index >= 15 is 0 Å². The maximum absolute atomic E-state index is 12.4. The van der Waals surface area contributed by atoms with E-state index in [9.17, 15) is 4.79 Å². The molecule has 128 valence electrons. The van der Waals surface area contributed by atoms with Crippen LogP contribution in [0.3, 0.4) is 0 Å². The number of hydrogen-bond acceptors (Lipinski definition) is 5. The summed E-state index contributed by atoms with van der Waals surface area (Å²) in [7, 11) is 0. The number of nitrogens with zero attached hydrogens (tertiary/aromatic N) is 3. The van der Waals surface area contributed by atoms with Gasteiger partial charge in [-0.2, -0.15) is 0 Å². The minimum Gasteiger partial charge on any atom is -0.444 e. The Bertz CT molecular complexity index is 501. The van der Waals surface area contributed by atoms with Crippen LogP contribution in [-0.2, 0) is 4.74 Å². The third-order valence-corrected chi connectivity index (χ3v) is 3.94. The van der Waals surface area contributed by atoms with Gasteiger partial charge in [-0.15, -0.1) is 0 Å². The van der Waals surface area contributed by atoms with Crippen LogP contribution in [0.25, 0.3) is 0 Å². The molecule has 1 N–H and O–H groups in total. The molecule has 2 rings (SSSR count). The first-order valence-electron chi connectivity index (χ1n) is 8.36. The molecule has 0 aromatic carbocycles. The standard InChI is InChI=1S/C17H28N4O2/c1-13(15-12-18-8-9-19-15)20-11-14-7-5-6-10-21(14)16(22)23-17(2,3)4/h8-9,12-14,20H,5-7,10-11H2,1-4H3. The number of hydrogen-bond donors (Lipinski definition) is 1. The van der Waals surface area contributed by atoms with Crippen molar-refractivity contribution in [1.82, 2.24) is 20.2 Å². The lowest BCUT2D eigenvalue weighted by atomic mass is 10.0. The Balaban J connectivity index is 1.92. The van der Waals surface area contributed by atoms with Crippen molar-refractivity contribution in [2.45, 2.75) is 64.6 Å². The van der Waals surface area contributed by atoms with E-state index < -0.39 is 5.60 Å². The summed E-state index contributed by atoms with van der Waals surface area (Å²) < 4.78 is 5.54. The highest BCUT2D eigenvalue weighted by atomic mass is 16.6. The number of amides is 1. The number of likely N-dealkylation sites (tertiary alicyclic amines) is 1. The first-order valence-corrected chi connectivity index (χ1v) is 8.36. The summed E-state index contributed by atoms with van der Waals surface area (Å²) in [4.78, 5) is 22.7. The normalized spacial score (nSPS) is 20.2. The number of aromatic nitrogens is 2. The van der Waals surface area contributed by atoms with E-state index in [0.717, 1.165) is 38.0 Å². The summed E-state index contributed by atoms with van der Waals surface area (Å²) in [5, 5.41) is 3.46. The van der Waals surface area contributed by atoms with Gasteiger partial charge in [0.1, 0.15) is 5.60 Å². The Labute approximate surface area is 138 Å². The molecule has 23 heavy (non-hydrogen) atoms. The molecule has 2 heterocycles. The molecule has 1 fully saturated rings. The Kier molecular flexibility index (Phi) is 5.93. The fourth-order valence-corrected chi connectivity index (χ4v) is 2.73. The van der Waals surface area contributed by atoms with Gasteiger partial charge >= 0.3 is 6.09 Å². The minimum absolute atomic E-state index is 0.103. The third-order valence-electron chi connectivity index (χ3n) is 3.94. The average Bonchev–Trinajstić information content (AvgIpc) is 2.52. The number of carbonyl (C=O) groups excluding carboxylic acids is 1. The number of nitrogens with one attached hydrogen (secondary N) is 1. The number of rotatable bonds is 4. The van der Waals surface area contributed by atoms with Crippen LogP contribution in [0.4, 0.5) is 4.79 Å². The van der Waals surface area contributed by atoms with Crippen molar-refractivity contribution in [2.24, 2.45) is 0 Å². The van der Waals surface area contributed by atoms with Crippen molar-refractivity contribution in [2.75, 3.05) is 13.1 Å². The van der Waals surface area contributed by atoms with Crippen LogP contribution in [0, 0.1) is 0 Å². The molecule has 6 heteroatoms. The number of piperidine rings is 1. The quantitative estimate of drug-likeness (QED) is 0.924. The maximum atomic E-state index is 12.4. The molecule has 6 nitrogen and oxygen atoms in total. The lowest BCUT2D eigenvalue weighted by molar-refractivity contribution is 0.00969. The molecule has 0 aliphatic carbocycles. The van der Waals surface area contributed by atoms with Crippen LogP contribution in [-0.4, -0.2) is 45.7 Å². The van der Waals surface area contributed by atoms with Crippen molar-refractivity contribution in [1.29, 1.82) is 0 Å². The summed E-state index contributed by atoms with van der Waals surface area (Å²) in [6.07, 6.45) is 8.10. The molecule has 0 radical (unpaired) electrons. The molecular weight excluding hydrogens is 292 g/mol. The summed E-state index contributed by atoms with van der Waals surface area (Å²) in [6, 6.07) is 0.267. The second-order valence-electron chi connectivity index (χ2n) is 7.08. The largest absolute Gasteiger partial charge is 0.444 e. The molecule has 1 amide bonds. The third kappa shape index (κ3) is 5.46. The van der Waals surface area contributed by atoms with Gasteiger partial charge in [0.2, 0.25) is 0 Å². The van der Waals surface area contributed by atoms with E-state index in [4.69, 9.17) is 4.74 Å². The van der Waals surface area contributed by atoms with E-state index in [1.807, 2.05) is 25.7 Å². The van der Waals surface area contributed by atoms with E-state index in [1.54, 1.807) is 18.6 Å². The van der Waals surface area contributed by atoms with E-state index in [2.05, 4.69) is 22.2 Å². The minimum atomic E-state index is -0.459. The van der Waals surface area contributed by atoms with Gasteiger partial charge in [0.25, 0.3) is 0 Å². The van der Waals surface area contributed by atoms with Gasteiger partial charge in [-0.3, -0.25) is 9.97 Å². The lowest BCUT2D eigenvalue weighted by Crippen LogP contribution is -2.50. The van der Waals surface area contributed by atoms with Gasteiger partial charge < -0.3 is 15.0 Å². The molecule has 1 aromatic rings. The molecule has 1 aliphatic heterocycles. The molecule has 1 saturated heterocycles. The molecular formula is C17H28N4O2. The van der Waals surface area contributed by atoms with Crippen molar-refractivity contribution in [3.05, 3.63) is 24.3 Å². The summed E-state index contributed by atoms with van der Waals surface area (Å²) >= 11 is 0. The highest BCUT2D eigenvalue weighted by Gasteiger charge is 2.30. The summed E-state index contributed by atoms with van der Waals surface area (Å²) in [6.45, 7) is 9.26. The smallest absolute Gasteiger partial charge is 0.410 e.